The standard InChI is InChI=1S/C27H40FN5O2/c1-2-3-14-31(15-13-29)26(34)23(30)18-32-17-22-16-24(32)27(35)33(22)25(19-7-5-4-6-8-19)20-9-11-21(28)12-10-20/h9-12,19,22-25,27,35H,2-8,14-18,30H2,1H3/t22-,23?,24?,25?,27?/m0/s1. The van der Waals surface area contributed by atoms with Gasteiger partial charge in [-0.3, -0.25) is 14.6 Å². The molecule has 4 unspecified atom stereocenters. The summed E-state index contributed by atoms with van der Waals surface area (Å²) in [6.45, 7) is 3.77. The number of amides is 1. The van der Waals surface area contributed by atoms with Crippen molar-refractivity contribution in [2.75, 3.05) is 26.2 Å². The number of hydrogen-bond acceptors (Lipinski definition) is 6. The summed E-state index contributed by atoms with van der Waals surface area (Å²) in [6, 6.07) is 8.31. The zero-order valence-electron chi connectivity index (χ0n) is 20.9. The van der Waals surface area contributed by atoms with E-state index in [-0.39, 0.29) is 36.4 Å². The Morgan fingerprint density at radius 3 is 2.63 bits per heavy atom. The van der Waals surface area contributed by atoms with Gasteiger partial charge in [-0.15, -0.1) is 0 Å². The summed E-state index contributed by atoms with van der Waals surface area (Å²) in [5, 5.41) is 20.6. The van der Waals surface area contributed by atoms with Gasteiger partial charge in [-0.25, -0.2) is 4.39 Å². The number of aliphatic hydroxyl groups is 1. The van der Waals surface area contributed by atoms with Crippen LogP contribution < -0.4 is 5.73 Å². The number of benzene rings is 1. The van der Waals surface area contributed by atoms with Crippen LogP contribution in [0.25, 0.3) is 0 Å². The lowest BCUT2D eigenvalue weighted by Gasteiger charge is -2.46. The first-order valence-electron chi connectivity index (χ1n) is 13.3. The molecule has 0 spiro atoms. The lowest BCUT2D eigenvalue weighted by molar-refractivity contribution is -0.134. The molecule has 1 amide bonds. The lowest BCUT2D eigenvalue weighted by Crippen LogP contribution is -2.58. The Morgan fingerprint density at radius 1 is 1.29 bits per heavy atom. The predicted octanol–water partition coefficient (Wildman–Crippen LogP) is 3.00. The first-order valence-corrected chi connectivity index (χ1v) is 13.3. The molecule has 2 heterocycles. The first-order chi connectivity index (χ1) is 16.9. The quantitative estimate of drug-likeness (QED) is 0.495. The maximum absolute atomic E-state index is 13.7. The van der Waals surface area contributed by atoms with E-state index in [0.29, 0.717) is 19.0 Å². The number of likely N-dealkylation sites (tertiary alicyclic amines) is 2. The third kappa shape index (κ3) is 5.69. The molecule has 1 aromatic rings. The number of unbranched alkanes of at least 4 members (excludes halogenated alkanes) is 1. The first kappa shape index (κ1) is 26.0. The minimum atomic E-state index is -0.716. The van der Waals surface area contributed by atoms with Gasteiger partial charge in [-0.05, 0) is 49.3 Å². The van der Waals surface area contributed by atoms with Crippen molar-refractivity contribution in [2.24, 2.45) is 11.7 Å². The van der Waals surface area contributed by atoms with Crippen molar-refractivity contribution in [1.29, 1.82) is 5.26 Å². The average Bonchev–Trinajstić information content (AvgIpc) is 3.41. The van der Waals surface area contributed by atoms with Crippen LogP contribution in [-0.4, -0.2) is 76.2 Å². The van der Waals surface area contributed by atoms with Crippen LogP contribution in [0.2, 0.25) is 0 Å². The largest absolute Gasteiger partial charge is 0.377 e. The maximum Gasteiger partial charge on any atom is 0.241 e. The molecule has 8 heteroatoms. The number of nitrogens with two attached hydrogens (primary N) is 1. The molecule has 35 heavy (non-hydrogen) atoms. The van der Waals surface area contributed by atoms with Gasteiger partial charge in [0.1, 0.15) is 18.6 Å². The van der Waals surface area contributed by atoms with Gasteiger partial charge < -0.3 is 15.7 Å². The van der Waals surface area contributed by atoms with E-state index in [2.05, 4.69) is 22.8 Å². The van der Waals surface area contributed by atoms with E-state index >= 15 is 0 Å². The number of carbonyl (C=O) groups is 1. The second-order valence-corrected chi connectivity index (χ2v) is 10.5. The molecule has 1 aliphatic carbocycles. The SMILES string of the molecule is CCCCN(CC#N)C(=O)C(N)CN1C[C@@H]2CC1C(O)N2C(c1ccc(F)cc1)C1CCCCC1. The molecule has 1 aromatic carbocycles. The van der Waals surface area contributed by atoms with E-state index in [1.807, 2.05) is 12.1 Å². The van der Waals surface area contributed by atoms with Crippen LogP contribution in [0.5, 0.6) is 0 Å². The molecule has 2 bridgehead atoms. The summed E-state index contributed by atoms with van der Waals surface area (Å²) in [5.74, 6) is 0.00737. The van der Waals surface area contributed by atoms with Crippen molar-refractivity contribution >= 4 is 5.91 Å². The molecule has 192 valence electrons. The fraction of sp³-hybridized carbons (Fsp3) is 0.704. The molecular formula is C27H40FN5O2. The number of rotatable bonds is 10. The van der Waals surface area contributed by atoms with E-state index < -0.39 is 12.3 Å². The Balaban J connectivity index is 1.45. The number of fused-ring (bicyclic) bond motifs is 2. The van der Waals surface area contributed by atoms with E-state index in [1.165, 1.54) is 31.4 Å². The summed E-state index contributed by atoms with van der Waals surface area (Å²) in [6.07, 6.45) is 7.86. The number of hydrogen-bond donors (Lipinski definition) is 2. The minimum absolute atomic E-state index is 0.0513. The Bertz CT molecular complexity index is 883. The number of aliphatic hydroxyl groups excluding tert-OH is 1. The van der Waals surface area contributed by atoms with Crippen LogP contribution >= 0.6 is 0 Å². The number of halogens is 1. The molecule has 2 aliphatic heterocycles. The molecule has 1 saturated carbocycles. The monoisotopic (exact) mass is 485 g/mol. The molecule has 3 fully saturated rings. The zero-order chi connectivity index (χ0) is 24.9. The van der Waals surface area contributed by atoms with Crippen molar-refractivity contribution < 1.29 is 14.3 Å². The van der Waals surface area contributed by atoms with Crippen LogP contribution in [0.15, 0.2) is 24.3 Å². The predicted molar refractivity (Wildman–Crippen MR) is 132 cm³/mol. The average molecular weight is 486 g/mol. The highest BCUT2D eigenvalue weighted by Gasteiger charge is 2.53. The van der Waals surface area contributed by atoms with Crippen LogP contribution in [0, 0.1) is 23.1 Å². The van der Waals surface area contributed by atoms with Crippen LogP contribution in [-0.2, 0) is 4.79 Å². The topological polar surface area (TPSA) is 96.8 Å². The highest BCUT2D eigenvalue weighted by molar-refractivity contribution is 5.82. The molecular weight excluding hydrogens is 445 g/mol. The van der Waals surface area contributed by atoms with E-state index in [9.17, 15) is 14.3 Å². The molecule has 7 nitrogen and oxygen atoms in total. The molecule has 2 saturated heterocycles. The van der Waals surface area contributed by atoms with E-state index in [4.69, 9.17) is 11.0 Å². The highest BCUT2D eigenvalue weighted by Crippen LogP contribution is 2.46. The Kier molecular flexibility index (Phi) is 8.77. The summed E-state index contributed by atoms with van der Waals surface area (Å²) in [7, 11) is 0. The van der Waals surface area contributed by atoms with E-state index in [1.54, 1.807) is 4.90 Å². The lowest BCUT2D eigenvalue weighted by atomic mass is 9.80. The molecule has 5 atom stereocenters. The van der Waals surface area contributed by atoms with Gasteiger partial charge in [0.25, 0.3) is 0 Å². The van der Waals surface area contributed by atoms with Crippen molar-refractivity contribution in [3.8, 4) is 6.07 Å². The Hall–Kier alpha value is -2.05. The molecule has 0 radical (unpaired) electrons. The summed E-state index contributed by atoms with van der Waals surface area (Å²) in [4.78, 5) is 18.9. The molecule has 3 aliphatic rings. The third-order valence-electron chi connectivity index (χ3n) is 8.23. The molecule has 0 aromatic heterocycles. The second kappa shape index (κ2) is 11.8. The molecule has 4 rings (SSSR count). The Labute approximate surface area is 208 Å². The van der Waals surface area contributed by atoms with Gasteiger partial charge in [-0.1, -0.05) is 44.7 Å². The highest BCUT2D eigenvalue weighted by atomic mass is 19.1. The fourth-order valence-corrected chi connectivity index (χ4v) is 6.52. The number of nitrogens with zero attached hydrogens (tertiary/aromatic N) is 4. The van der Waals surface area contributed by atoms with Crippen molar-refractivity contribution in [3.63, 3.8) is 0 Å². The minimum Gasteiger partial charge on any atom is -0.377 e. The van der Waals surface area contributed by atoms with Gasteiger partial charge in [0.2, 0.25) is 5.91 Å². The number of piperazine rings is 1. The fourth-order valence-electron chi connectivity index (χ4n) is 6.52. The molecule has 3 N–H and O–H groups in total. The van der Waals surface area contributed by atoms with Crippen molar-refractivity contribution in [3.05, 3.63) is 35.6 Å². The Morgan fingerprint density at radius 2 is 2.00 bits per heavy atom. The van der Waals surface area contributed by atoms with Gasteiger partial charge in [0.05, 0.1) is 18.2 Å². The second-order valence-electron chi connectivity index (χ2n) is 10.5. The summed E-state index contributed by atoms with van der Waals surface area (Å²) in [5.41, 5.74) is 7.40. The number of carbonyl (C=O) groups excluding carboxylic acids is 1. The van der Waals surface area contributed by atoms with Crippen LogP contribution in [0.3, 0.4) is 0 Å². The van der Waals surface area contributed by atoms with Gasteiger partial charge in [-0.2, -0.15) is 5.26 Å². The third-order valence-corrected chi connectivity index (χ3v) is 8.23. The van der Waals surface area contributed by atoms with Crippen LogP contribution in [0.4, 0.5) is 4.39 Å². The smallest absolute Gasteiger partial charge is 0.241 e. The van der Waals surface area contributed by atoms with Gasteiger partial charge >= 0.3 is 0 Å². The zero-order valence-corrected chi connectivity index (χ0v) is 20.9. The van der Waals surface area contributed by atoms with Gasteiger partial charge in [0, 0.05) is 31.7 Å². The van der Waals surface area contributed by atoms with Crippen molar-refractivity contribution in [1.82, 2.24) is 14.7 Å². The normalized spacial score (nSPS) is 27.0. The summed E-state index contributed by atoms with van der Waals surface area (Å²) < 4.78 is 13.7. The van der Waals surface area contributed by atoms with Crippen molar-refractivity contribution in [2.45, 2.75) is 88.7 Å². The van der Waals surface area contributed by atoms with Gasteiger partial charge in [0.15, 0.2) is 0 Å². The number of nitriles is 1. The summed E-state index contributed by atoms with van der Waals surface area (Å²) >= 11 is 0. The van der Waals surface area contributed by atoms with Crippen LogP contribution in [0.1, 0.15) is 69.9 Å². The van der Waals surface area contributed by atoms with E-state index in [0.717, 1.165) is 44.2 Å². The maximum atomic E-state index is 13.7.